The maximum atomic E-state index is 3.05. The molecule has 2 rings (SSSR count). The van der Waals surface area contributed by atoms with Crippen molar-refractivity contribution in [3.05, 3.63) is 48.1 Å². The van der Waals surface area contributed by atoms with Gasteiger partial charge in [-0.25, -0.2) is 23.8 Å². The number of hydrogen-bond acceptors (Lipinski definition) is 0. The summed E-state index contributed by atoms with van der Waals surface area (Å²) in [5, 5.41) is 0. The molecule has 2 aliphatic carbocycles. The van der Waals surface area contributed by atoms with Crippen LogP contribution in [0.15, 0.2) is 36.0 Å². The van der Waals surface area contributed by atoms with Crippen molar-refractivity contribution in [2.24, 2.45) is 0 Å². The van der Waals surface area contributed by atoms with E-state index in [0.717, 1.165) is 12.8 Å². The Hall–Kier alpha value is 0.163. The largest absolute Gasteiger partial charge is 0.273 e. The van der Waals surface area contributed by atoms with Gasteiger partial charge in [-0.05, 0) is 0 Å². The van der Waals surface area contributed by atoms with Crippen molar-refractivity contribution >= 4 is 32.2 Å². The SMILES string of the molecule is CC1=CC[C-]=C1.CC[CH]=[Zr]=[CH]CC.Cl.Cl.[C-]1=CC=CC1. The van der Waals surface area contributed by atoms with Crippen molar-refractivity contribution in [3.63, 3.8) is 0 Å². The first-order chi connectivity index (χ1) is 8.81. The third-order valence-corrected chi connectivity index (χ3v) is 5.27. The van der Waals surface area contributed by atoms with E-state index in [4.69, 9.17) is 0 Å². The van der Waals surface area contributed by atoms with Crippen LogP contribution in [0.5, 0.6) is 0 Å². The zero-order valence-electron chi connectivity index (χ0n) is 12.7. The maximum absolute atomic E-state index is 3.05. The van der Waals surface area contributed by atoms with Crippen molar-refractivity contribution in [3.8, 4) is 0 Å². The van der Waals surface area contributed by atoms with Gasteiger partial charge < -0.3 is 0 Å². The van der Waals surface area contributed by atoms with Gasteiger partial charge in [-0.2, -0.15) is 12.2 Å². The van der Waals surface area contributed by atoms with Crippen LogP contribution in [0.4, 0.5) is 0 Å². The molecule has 0 bridgehead atoms. The Kier molecular flexibility index (Phi) is 27.0. The van der Waals surface area contributed by atoms with Crippen LogP contribution in [0, 0.1) is 12.2 Å². The van der Waals surface area contributed by atoms with E-state index in [1.807, 2.05) is 18.2 Å². The molecule has 2 aliphatic rings. The molecule has 0 aromatic carbocycles. The van der Waals surface area contributed by atoms with Gasteiger partial charge in [0.05, 0.1) is 0 Å². The van der Waals surface area contributed by atoms with E-state index >= 15 is 0 Å². The molecule has 0 radical (unpaired) electrons. The van der Waals surface area contributed by atoms with Crippen molar-refractivity contribution in [1.29, 1.82) is 0 Å². The van der Waals surface area contributed by atoms with Gasteiger partial charge in [0.25, 0.3) is 0 Å². The van der Waals surface area contributed by atoms with Crippen molar-refractivity contribution in [2.45, 2.75) is 46.5 Å². The monoisotopic (exact) mass is 390 g/mol. The summed E-state index contributed by atoms with van der Waals surface area (Å²) < 4.78 is 4.90. The van der Waals surface area contributed by atoms with E-state index in [1.54, 1.807) is 0 Å². The number of hydrogen-bond donors (Lipinski definition) is 0. The third-order valence-electron chi connectivity index (χ3n) is 2.10. The van der Waals surface area contributed by atoms with E-state index in [9.17, 15) is 0 Å². The summed E-state index contributed by atoms with van der Waals surface area (Å²) >= 11 is -0.0686. The molecular weight excluding hydrogens is 366 g/mol. The van der Waals surface area contributed by atoms with E-state index < -0.39 is 0 Å². The van der Waals surface area contributed by atoms with Crippen LogP contribution >= 0.6 is 24.8 Å². The molecular formula is C17H26Cl2Zr-2. The van der Waals surface area contributed by atoms with Gasteiger partial charge in [0.1, 0.15) is 0 Å². The maximum Gasteiger partial charge on any atom is -0.109 e. The second-order valence-electron chi connectivity index (χ2n) is 3.90. The molecule has 0 fully saturated rings. The summed E-state index contributed by atoms with van der Waals surface area (Å²) in [6, 6.07) is 0. The molecule has 0 heterocycles. The minimum atomic E-state index is -0.0686. The molecule has 0 atom stereocenters. The minimum absolute atomic E-state index is 0. The first-order valence-corrected chi connectivity index (χ1v) is 9.49. The predicted molar refractivity (Wildman–Crippen MR) is 95.0 cm³/mol. The van der Waals surface area contributed by atoms with Gasteiger partial charge in [0, 0.05) is 0 Å². The fourth-order valence-corrected chi connectivity index (χ4v) is 2.73. The van der Waals surface area contributed by atoms with Gasteiger partial charge in [0.15, 0.2) is 0 Å². The van der Waals surface area contributed by atoms with E-state index in [0.29, 0.717) is 0 Å². The summed E-state index contributed by atoms with van der Waals surface area (Å²) in [5.74, 6) is 0. The van der Waals surface area contributed by atoms with E-state index in [2.05, 4.69) is 52.5 Å². The molecule has 0 aromatic heterocycles. The summed E-state index contributed by atoms with van der Waals surface area (Å²) in [7, 11) is 0. The van der Waals surface area contributed by atoms with Gasteiger partial charge in [-0.15, -0.1) is 44.6 Å². The summed E-state index contributed by atoms with van der Waals surface area (Å²) in [6.45, 7) is 6.51. The van der Waals surface area contributed by atoms with Crippen LogP contribution < -0.4 is 0 Å². The zero-order valence-corrected chi connectivity index (χ0v) is 16.8. The Morgan fingerprint density at radius 1 is 1.10 bits per heavy atom. The Labute approximate surface area is 148 Å². The fraction of sp³-hybridized carbons (Fsp3) is 0.412. The van der Waals surface area contributed by atoms with Crippen molar-refractivity contribution in [1.82, 2.24) is 0 Å². The smallest absolute Gasteiger partial charge is 0.109 e. The first-order valence-electron chi connectivity index (χ1n) is 6.65. The van der Waals surface area contributed by atoms with Gasteiger partial charge in [0.2, 0.25) is 0 Å². The molecule has 0 saturated heterocycles. The van der Waals surface area contributed by atoms with Crippen LogP contribution in [-0.2, 0) is 22.3 Å². The standard InChI is InChI=1S/C6H7.C5H5.2C3H6.2ClH.Zr/c1-6-4-2-3-5-6;1-2-4-5-3-1;2*1-3-2;;;/h4-5H,2H2,1H3;1-3H,4H2;2*1H,3H2,2H3;2*1H;/q2*-1;;;;;. The molecule has 0 unspecified atom stereocenters. The second-order valence-corrected chi connectivity index (χ2v) is 6.72. The van der Waals surface area contributed by atoms with Crippen LogP contribution in [-0.4, -0.2) is 7.42 Å². The van der Waals surface area contributed by atoms with Crippen molar-refractivity contribution < 1.29 is 22.3 Å². The van der Waals surface area contributed by atoms with Crippen LogP contribution in [0.3, 0.4) is 0 Å². The second kappa shape index (κ2) is 21.5. The summed E-state index contributed by atoms with van der Waals surface area (Å²) in [6.07, 6.45) is 20.8. The molecule has 114 valence electrons. The fourth-order valence-electron chi connectivity index (χ4n) is 1.16. The number of rotatable bonds is 2. The molecule has 0 saturated carbocycles. The molecule has 0 N–H and O–H groups in total. The number of halogens is 2. The topological polar surface area (TPSA) is 0 Å². The van der Waals surface area contributed by atoms with Crippen LogP contribution in [0.2, 0.25) is 0 Å². The van der Waals surface area contributed by atoms with Crippen LogP contribution in [0.25, 0.3) is 0 Å². The summed E-state index contributed by atoms with van der Waals surface area (Å²) in [5.41, 5.74) is 1.34. The molecule has 0 aliphatic heterocycles. The molecule has 0 nitrogen and oxygen atoms in total. The zero-order chi connectivity index (χ0) is 13.5. The first kappa shape index (κ1) is 25.1. The Bertz CT molecular complexity index is 350. The normalized spacial score (nSPS) is 12.4. The van der Waals surface area contributed by atoms with E-state index in [-0.39, 0.29) is 47.1 Å². The Morgan fingerprint density at radius 3 is 1.95 bits per heavy atom. The average Bonchev–Trinajstić information content (AvgIpc) is 3.05. The minimum Gasteiger partial charge on any atom is -0.273 e. The molecule has 0 spiro atoms. The molecule has 0 amide bonds. The van der Waals surface area contributed by atoms with Gasteiger partial charge >= 0.3 is 56.4 Å². The quantitative estimate of drug-likeness (QED) is 0.557. The Balaban J connectivity index is -0.000000208. The predicted octanol–water partition coefficient (Wildman–Crippen LogP) is 5.34. The molecule has 0 aromatic rings. The third kappa shape index (κ3) is 20.5. The van der Waals surface area contributed by atoms with Crippen LogP contribution in [0.1, 0.15) is 46.5 Å². The molecule has 3 heteroatoms. The van der Waals surface area contributed by atoms with Gasteiger partial charge in [-0.1, -0.05) is 0 Å². The summed E-state index contributed by atoms with van der Waals surface area (Å²) in [4.78, 5) is 0. The molecule has 20 heavy (non-hydrogen) atoms. The van der Waals surface area contributed by atoms with E-state index in [1.165, 1.54) is 18.4 Å². The average molecular weight is 393 g/mol. The van der Waals surface area contributed by atoms with Gasteiger partial charge in [-0.3, -0.25) is 12.2 Å². The van der Waals surface area contributed by atoms with Crippen molar-refractivity contribution in [2.75, 3.05) is 0 Å². The Morgan fingerprint density at radius 2 is 1.75 bits per heavy atom. The number of allylic oxidation sites excluding steroid dienone is 8.